The topological polar surface area (TPSA) is 17.1 Å². The lowest BCUT2D eigenvalue weighted by Gasteiger charge is -2.14. The van der Waals surface area contributed by atoms with Crippen molar-refractivity contribution in [1.82, 2.24) is 0 Å². The number of hydrogen-bond acceptors (Lipinski definition) is 1. The Morgan fingerprint density at radius 1 is 0.812 bits per heavy atom. The lowest BCUT2D eigenvalue weighted by molar-refractivity contribution is -0.111. The summed E-state index contributed by atoms with van der Waals surface area (Å²) in [5, 5.41) is 0. The summed E-state index contributed by atoms with van der Waals surface area (Å²) in [6.07, 6.45) is 0. The van der Waals surface area contributed by atoms with E-state index in [2.05, 4.69) is 46.5 Å². The molecule has 0 aliphatic heterocycles. The molecule has 0 atom stereocenters. The third-order valence-corrected chi connectivity index (χ3v) is 3.36. The molecule has 0 heterocycles. The van der Waals surface area contributed by atoms with Gasteiger partial charge in [0.05, 0.1) is 0 Å². The van der Waals surface area contributed by atoms with Crippen molar-refractivity contribution in [3.05, 3.63) is 33.4 Å². The number of Topliss-reactive ketones (excluding diaryl/α,β-unsaturated/α-hetero) is 1. The molecule has 0 radical (unpaired) electrons. The summed E-state index contributed by atoms with van der Waals surface area (Å²) in [6.45, 7) is 12.0. The highest BCUT2D eigenvalue weighted by atomic mass is 16.1. The molecule has 0 N–H and O–H groups in total. The van der Waals surface area contributed by atoms with Gasteiger partial charge >= 0.3 is 0 Å². The van der Waals surface area contributed by atoms with Crippen LogP contribution in [0.5, 0.6) is 0 Å². The average Bonchev–Trinajstić information content (AvgIpc) is 2.23. The molecule has 0 bridgehead atoms. The molecule has 1 aromatic carbocycles. The van der Waals surface area contributed by atoms with Gasteiger partial charge in [-0.05, 0) is 68.4 Å². The highest BCUT2D eigenvalue weighted by Crippen LogP contribution is 2.25. The maximum atomic E-state index is 10.9. The van der Waals surface area contributed by atoms with Crippen molar-refractivity contribution in [3.63, 3.8) is 0 Å². The number of rotatable bonds is 0. The van der Waals surface area contributed by atoms with Crippen LogP contribution in [0.4, 0.5) is 0 Å². The first-order valence-corrected chi connectivity index (χ1v) is 5.45. The Morgan fingerprint density at radius 2 is 1.19 bits per heavy atom. The Hall–Kier alpha value is -1.55. The van der Waals surface area contributed by atoms with E-state index in [1.54, 1.807) is 0 Å². The van der Waals surface area contributed by atoms with Crippen LogP contribution in [0.15, 0.2) is 0 Å². The molecule has 0 aliphatic rings. The van der Waals surface area contributed by atoms with Crippen molar-refractivity contribution in [1.29, 1.82) is 0 Å². The molecule has 84 valence electrons. The zero-order chi connectivity index (χ0) is 12.5. The summed E-state index contributed by atoms with van der Waals surface area (Å²) in [4.78, 5) is 10.9. The number of carbonyl (C=O) groups excluding carboxylic acids is 1. The second-order valence-electron chi connectivity index (χ2n) is 4.31. The Morgan fingerprint density at radius 3 is 1.56 bits per heavy atom. The van der Waals surface area contributed by atoms with Gasteiger partial charge in [0.15, 0.2) is 0 Å². The number of benzene rings is 1. The van der Waals surface area contributed by atoms with E-state index in [9.17, 15) is 4.79 Å². The first-order valence-electron chi connectivity index (χ1n) is 5.45. The Bertz CT molecular complexity index is 481. The minimum atomic E-state index is -0.0883. The molecular formula is C15H18O. The van der Waals surface area contributed by atoms with Crippen molar-refractivity contribution >= 4 is 5.78 Å². The van der Waals surface area contributed by atoms with E-state index >= 15 is 0 Å². The van der Waals surface area contributed by atoms with Gasteiger partial charge in [-0.1, -0.05) is 5.92 Å². The SMILES string of the molecule is CC(=O)C#Cc1c(C)c(C)c(C)c(C)c1C. The van der Waals surface area contributed by atoms with Crippen molar-refractivity contribution < 1.29 is 4.79 Å². The van der Waals surface area contributed by atoms with E-state index in [1.807, 2.05) is 0 Å². The van der Waals surface area contributed by atoms with Gasteiger partial charge in [0.25, 0.3) is 0 Å². The highest BCUT2D eigenvalue weighted by Gasteiger charge is 2.10. The highest BCUT2D eigenvalue weighted by molar-refractivity contribution is 5.94. The molecule has 0 saturated carbocycles. The van der Waals surface area contributed by atoms with Crippen LogP contribution in [-0.4, -0.2) is 5.78 Å². The minimum absolute atomic E-state index is 0.0883. The van der Waals surface area contributed by atoms with Crippen LogP contribution in [0.3, 0.4) is 0 Å². The summed E-state index contributed by atoms with van der Waals surface area (Å²) >= 11 is 0. The van der Waals surface area contributed by atoms with Gasteiger partial charge in [-0.3, -0.25) is 4.79 Å². The summed E-state index contributed by atoms with van der Waals surface area (Å²) < 4.78 is 0. The molecule has 16 heavy (non-hydrogen) atoms. The summed E-state index contributed by atoms with van der Waals surface area (Å²) in [5.74, 6) is 5.53. The summed E-state index contributed by atoms with van der Waals surface area (Å²) in [6, 6.07) is 0. The molecule has 0 saturated heterocycles. The van der Waals surface area contributed by atoms with Gasteiger partial charge in [-0.15, -0.1) is 0 Å². The van der Waals surface area contributed by atoms with Crippen LogP contribution in [0, 0.1) is 46.5 Å². The van der Waals surface area contributed by atoms with Crippen LogP contribution in [-0.2, 0) is 4.79 Å². The average molecular weight is 214 g/mol. The molecule has 0 unspecified atom stereocenters. The van der Waals surface area contributed by atoms with Gasteiger partial charge in [-0.2, -0.15) is 0 Å². The van der Waals surface area contributed by atoms with Gasteiger partial charge in [0.2, 0.25) is 5.78 Å². The zero-order valence-corrected chi connectivity index (χ0v) is 10.9. The summed E-state index contributed by atoms with van der Waals surface area (Å²) in [7, 11) is 0. The van der Waals surface area contributed by atoms with Gasteiger partial charge in [0.1, 0.15) is 0 Å². The molecule has 1 nitrogen and oxygen atoms in total. The largest absolute Gasteiger partial charge is 0.285 e. The molecule has 0 aromatic heterocycles. The maximum absolute atomic E-state index is 10.9. The fraction of sp³-hybridized carbons (Fsp3) is 0.400. The molecule has 0 aliphatic carbocycles. The van der Waals surface area contributed by atoms with Crippen LogP contribution >= 0.6 is 0 Å². The van der Waals surface area contributed by atoms with E-state index < -0.39 is 0 Å². The predicted molar refractivity (Wildman–Crippen MR) is 67.7 cm³/mol. The molecule has 0 amide bonds. The first kappa shape index (κ1) is 12.5. The van der Waals surface area contributed by atoms with E-state index in [0.29, 0.717) is 0 Å². The molecular weight excluding hydrogens is 196 g/mol. The van der Waals surface area contributed by atoms with E-state index in [1.165, 1.54) is 34.7 Å². The maximum Gasteiger partial charge on any atom is 0.202 e. The van der Waals surface area contributed by atoms with Crippen LogP contribution < -0.4 is 0 Å². The number of hydrogen-bond donors (Lipinski definition) is 0. The van der Waals surface area contributed by atoms with Crippen molar-refractivity contribution in [3.8, 4) is 11.8 Å². The van der Waals surface area contributed by atoms with Gasteiger partial charge in [0, 0.05) is 12.5 Å². The smallest absolute Gasteiger partial charge is 0.202 e. The Balaban J connectivity index is 3.54. The molecule has 0 fully saturated rings. The molecule has 1 aromatic rings. The van der Waals surface area contributed by atoms with Gasteiger partial charge in [-0.25, -0.2) is 0 Å². The fourth-order valence-corrected chi connectivity index (χ4v) is 1.84. The molecule has 1 rings (SSSR count). The monoisotopic (exact) mass is 214 g/mol. The van der Waals surface area contributed by atoms with Crippen LogP contribution in [0.25, 0.3) is 0 Å². The standard InChI is InChI=1S/C15H18O/c1-9(16)7-8-15-13(5)11(3)10(2)12(4)14(15)6/h1-6H3. The first-order chi connectivity index (χ1) is 7.36. The van der Waals surface area contributed by atoms with Crippen molar-refractivity contribution in [2.24, 2.45) is 0 Å². The van der Waals surface area contributed by atoms with Crippen molar-refractivity contribution in [2.45, 2.75) is 41.5 Å². The van der Waals surface area contributed by atoms with Gasteiger partial charge < -0.3 is 0 Å². The second-order valence-corrected chi connectivity index (χ2v) is 4.31. The summed E-state index contributed by atoms with van der Waals surface area (Å²) in [5.41, 5.74) is 7.26. The fourth-order valence-electron chi connectivity index (χ4n) is 1.84. The normalized spacial score (nSPS) is 9.62. The number of carbonyl (C=O) groups is 1. The van der Waals surface area contributed by atoms with E-state index in [0.717, 1.165) is 5.56 Å². The quantitative estimate of drug-likeness (QED) is 0.606. The molecule has 1 heteroatoms. The third kappa shape index (κ3) is 2.17. The number of ketones is 1. The van der Waals surface area contributed by atoms with Crippen LogP contribution in [0.1, 0.15) is 40.3 Å². The lowest BCUT2D eigenvalue weighted by atomic mass is 9.90. The Labute approximate surface area is 97.9 Å². The van der Waals surface area contributed by atoms with E-state index in [4.69, 9.17) is 0 Å². The molecule has 0 spiro atoms. The second kappa shape index (κ2) is 4.53. The van der Waals surface area contributed by atoms with E-state index in [-0.39, 0.29) is 5.78 Å². The third-order valence-electron chi connectivity index (χ3n) is 3.36. The van der Waals surface area contributed by atoms with Crippen LogP contribution in [0.2, 0.25) is 0 Å². The predicted octanol–water partition coefficient (Wildman–Crippen LogP) is 3.17. The minimum Gasteiger partial charge on any atom is -0.285 e. The van der Waals surface area contributed by atoms with Crippen molar-refractivity contribution in [2.75, 3.05) is 0 Å². The lowest BCUT2D eigenvalue weighted by Crippen LogP contribution is -2.00. The Kier molecular flexibility index (Phi) is 3.55. The zero-order valence-electron chi connectivity index (χ0n) is 10.9.